The first-order valence-corrected chi connectivity index (χ1v) is 8.86. The van der Waals surface area contributed by atoms with E-state index in [1.807, 2.05) is 24.3 Å². The van der Waals surface area contributed by atoms with Gasteiger partial charge in [0.05, 0.1) is 16.9 Å². The highest BCUT2D eigenvalue weighted by Crippen LogP contribution is 2.31. The summed E-state index contributed by atoms with van der Waals surface area (Å²) in [6, 6.07) is 14.4. The molecule has 1 aromatic heterocycles. The standard InChI is InChI=1S/C20H16ClN3O3/c21-14-10-13-4-3-8-22-20(13)15(11-14)23-18(25)7-9-24-16-5-1-2-6-17(16)27-12-19(24)26/h1-6,8,10-11H,7,9,12H2,(H,23,25). The molecule has 2 aromatic carbocycles. The molecular weight excluding hydrogens is 366 g/mol. The van der Waals surface area contributed by atoms with E-state index >= 15 is 0 Å². The number of hydrogen-bond donors (Lipinski definition) is 1. The van der Waals surface area contributed by atoms with Crippen molar-refractivity contribution >= 4 is 45.7 Å². The molecular formula is C20H16ClN3O3. The van der Waals surface area contributed by atoms with Gasteiger partial charge in [0, 0.05) is 29.6 Å². The maximum Gasteiger partial charge on any atom is 0.265 e. The van der Waals surface area contributed by atoms with Crippen molar-refractivity contribution in [1.82, 2.24) is 4.98 Å². The summed E-state index contributed by atoms with van der Waals surface area (Å²) in [6.45, 7) is 0.235. The van der Waals surface area contributed by atoms with Gasteiger partial charge in [0.15, 0.2) is 6.61 Å². The minimum absolute atomic E-state index is 0.0263. The highest BCUT2D eigenvalue weighted by atomic mass is 35.5. The number of nitrogens with one attached hydrogen (secondary N) is 1. The second kappa shape index (κ2) is 7.25. The molecule has 0 atom stereocenters. The smallest absolute Gasteiger partial charge is 0.265 e. The van der Waals surface area contributed by atoms with E-state index in [2.05, 4.69) is 10.3 Å². The van der Waals surface area contributed by atoms with E-state index in [0.717, 1.165) is 5.39 Å². The molecule has 6 nitrogen and oxygen atoms in total. The van der Waals surface area contributed by atoms with Gasteiger partial charge in [0.25, 0.3) is 5.91 Å². The Bertz CT molecular complexity index is 1040. The molecule has 0 radical (unpaired) electrons. The largest absolute Gasteiger partial charge is 0.482 e. The normalized spacial score (nSPS) is 13.2. The molecule has 1 aliphatic rings. The van der Waals surface area contributed by atoms with Gasteiger partial charge < -0.3 is 15.0 Å². The first kappa shape index (κ1) is 17.3. The second-order valence-electron chi connectivity index (χ2n) is 6.13. The molecule has 0 fully saturated rings. The van der Waals surface area contributed by atoms with Gasteiger partial charge in [-0.05, 0) is 30.3 Å². The van der Waals surface area contributed by atoms with E-state index < -0.39 is 0 Å². The Morgan fingerprint density at radius 3 is 2.96 bits per heavy atom. The van der Waals surface area contributed by atoms with Crippen LogP contribution in [-0.4, -0.2) is 29.9 Å². The van der Waals surface area contributed by atoms with E-state index in [1.54, 1.807) is 35.4 Å². The molecule has 0 saturated heterocycles. The number of ether oxygens (including phenoxy) is 1. The number of halogens is 1. The number of benzene rings is 2. The molecule has 27 heavy (non-hydrogen) atoms. The molecule has 2 heterocycles. The molecule has 0 unspecified atom stereocenters. The lowest BCUT2D eigenvalue weighted by Crippen LogP contribution is -2.40. The fourth-order valence-corrected chi connectivity index (χ4v) is 3.30. The van der Waals surface area contributed by atoms with Gasteiger partial charge in [-0.1, -0.05) is 29.8 Å². The van der Waals surface area contributed by atoms with Crippen LogP contribution in [0.3, 0.4) is 0 Å². The number of pyridine rings is 1. The molecule has 4 rings (SSSR count). The summed E-state index contributed by atoms with van der Waals surface area (Å²) in [5.41, 5.74) is 1.90. The van der Waals surface area contributed by atoms with Crippen LogP contribution in [0.5, 0.6) is 5.75 Å². The lowest BCUT2D eigenvalue weighted by atomic mass is 10.2. The second-order valence-corrected chi connectivity index (χ2v) is 6.56. The number of carbonyl (C=O) groups excluding carboxylic acids is 2. The molecule has 136 valence electrons. The first-order valence-electron chi connectivity index (χ1n) is 8.48. The van der Waals surface area contributed by atoms with Crippen LogP contribution in [-0.2, 0) is 9.59 Å². The maximum absolute atomic E-state index is 12.5. The molecule has 0 saturated carbocycles. The highest BCUT2D eigenvalue weighted by molar-refractivity contribution is 6.32. The zero-order chi connectivity index (χ0) is 18.8. The lowest BCUT2D eigenvalue weighted by molar-refractivity contribution is -0.121. The number of anilines is 2. The molecule has 2 amide bonds. The maximum atomic E-state index is 12.5. The molecule has 1 aliphatic heterocycles. The number of amides is 2. The van der Waals surface area contributed by atoms with E-state index in [0.29, 0.717) is 27.7 Å². The van der Waals surface area contributed by atoms with Crippen molar-refractivity contribution in [2.75, 3.05) is 23.4 Å². The van der Waals surface area contributed by atoms with Crippen molar-refractivity contribution in [3.8, 4) is 5.75 Å². The van der Waals surface area contributed by atoms with Crippen LogP contribution < -0.4 is 15.0 Å². The zero-order valence-electron chi connectivity index (χ0n) is 14.3. The predicted octanol–water partition coefficient (Wildman–Crippen LogP) is 3.64. The Labute approximate surface area is 160 Å². The third kappa shape index (κ3) is 3.57. The summed E-state index contributed by atoms with van der Waals surface area (Å²) in [4.78, 5) is 30.6. The number of rotatable bonds is 4. The summed E-state index contributed by atoms with van der Waals surface area (Å²) < 4.78 is 5.42. The van der Waals surface area contributed by atoms with Crippen molar-refractivity contribution in [3.05, 3.63) is 59.8 Å². The summed E-state index contributed by atoms with van der Waals surface area (Å²) in [6.07, 6.45) is 1.80. The quantitative estimate of drug-likeness (QED) is 0.748. The van der Waals surface area contributed by atoms with E-state index in [1.165, 1.54) is 0 Å². The number of aromatic nitrogens is 1. The number of hydrogen-bond acceptors (Lipinski definition) is 4. The van der Waals surface area contributed by atoms with Crippen molar-refractivity contribution in [2.45, 2.75) is 6.42 Å². The molecule has 7 heteroatoms. The molecule has 3 aromatic rings. The van der Waals surface area contributed by atoms with Gasteiger partial charge in [0.1, 0.15) is 5.75 Å². The predicted molar refractivity (Wildman–Crippen MR) is 104 cm³/mol. The Hall–Kier alpha value is -3.12. The van der Waals surface area contributed by atoms with Gasteiger partial charge in [-0.25, -0.2) is 0 Å². The van der Waals surface area contributed by atoms with Gasteiger partial charge in [-0.2, -0.15) is 0 Å². The fraction of sp³-hybridized carbons (Fsp3) is 0.150. The lowest BCUT2D eigenvalue weighted by Gasteiger charge is -2.29. The Morgan fingerprint density at radius 1 is 1.22 bits per heavy atom. The monoisotopic (exact) mass is 381 g/mol. The van der Waals surface area contributed by atoms with Gasteiger partial charge >= 0.3 is 0 Å². The first-order chi connectivity index (χ1) is 13.1. The third-order valence-electron chi connectivity index (χ3n) is 4.31. The average Bonchev–Trinajstić information content (AvgIpc) is 2.67. The van der Waals surface area contributed by atoms with Gasteiger partial charge in [0.2, 0.25) is 5.91 Å². The van der Waals surface area contributed by atoms with Gasteiger partial charge in [-0.15, -0.1) is 0 Å². The topological polar surface area (TPSA) is 71.5 Å². The Kier molecular flexibility index (Phi) is 4.64. The van der Waals surface area contributed by atoms with Crippen LogP contribution in [0.25, 0.3) is 10.9 Å². The van der Waals surface area contributed by atoms with Crippen LogP contribution in [0, 0.1) is 0 Å². The number of nitrogens with zero attached hydrogens (tertiary/aromatic N) is 2. The molecule has 0 bridgehead atoms. The minimum atomic E-state index is -0.221. The molecule has 1 N–H and O–H groups in total. The van der Waals surface area contributed by atoms with Crippen molar-refractivity contribution in [1.29, 1.82) is 0 Å². The van der Waals surface area contributed by atoms with Crippen molar-refractivity contribution in [3.63, 3.8) is 0 Å². The average molecular weight is 382 g/mol. The Morgan fingerprint density at radius 2 is 2.07 bits per heavy atom. The molecule has 0 spiro atoms. The highest BCUT2D eigenvalue weighted by Gasteiger charge is 2.25. The van der Waals surface area contributed by atoms with E-state index in [-0.39, 0.29) is 31.4 Å². The Balaban J connectivity index is 1.49. The summed E-state index contributed by atoms with van der Waals surface area (Å²) in [5.74, 6) is 0.250. The van der Waals surface area contributed by atoms with Crippen molar-refractivity contribution < 1.29 is 14.3 Å². The van der Waals surface area contributed by atoms with Crippen LogP contribution in [0.2, 0.25) is 5.02 Å². The van der Waals surface area contributed by atoms with E-state index in [4.69, 9.17) is 16.3 Å². The van der Waals surface area contributed by atoms with Crippen LogP contribution in [0.4, 0.5) is 11.4 Å². The zero-order valence-corrected chi connectivity index (χ0v) is 15.1. The van der Waals surface area contributed by atoms with Crippen molar-refractivity contribution in [2.24, 2.45) is 0 Å². The number of fused-ring (bicyclic) bond motifs is 2. The third-order valence-corrected chi connectivity index (χ3v) is 4.53. The fourth-order valence-electron chi connectivity index (χ4n) is 3.08. The van der Waals surface area contributed by atoms with Crippen LogP contribution in [0.15, 0.2) is 54.7 Å². The van der Waals surface area contributed by atoms with Gasteiger partial charge in [-0.3, -0.25) is 14.6 Å². The summed E-state index contributed by atoms with van der Waals surface area (Å²) in [5, 5.41) is 4.21. The van der Waals surface area contributed by atoms with E-state index in [9.17, 15) is 9.59 Å². The minimum Gasteiger partial charge on any atom is -0.482 e. The number of para-hydroxylation sites is 2. The van der Waals surface area contributed by atoms with Crippen LogP contribution >= 0.6 is 11.6 Å². The molecule has 0 aliphatic carbocycles. The summed E-state index contributed by atoms with van der Waals surface area (Å²) >= 11 is 6.14. The summed E-state index contributed by atoms with van der Waals surface area (Å²) in [7, 11) is 0. The SMILES string of the molecule is O=C(CCN1C(=O)COc2ccccc21)Nc1cc(Cl)cc2cccnc12. The van der Waals surface area contributed by atoms with Crippen LogP contribution in [0.1, 0.15) is 6.42 Å². The number of carbonyl (C=O) groups is 2.